The van der Waals surface area contributed by atoms with Crippen molar-refractivity contribution < 1.29 is 4.79 Å². The number of rotatable bonds is 7. The maximum Gasteiger partial charge on any atom is 0.236 e. The summed E-state index contributed by atoms with van der Waals surface area (Å²) in [6.07, 6.45) is 2.23. The molecule has 1 saturated heterocycles. The number of hydrogen-bond donors (Lipinski definition) is 1. The Labute approximate surface area is 131 Å². The maximum absolute atomic E-state index is 12.6. The molecule has 21 heavy (non-hydrogen) atoms. The van der Waals surface area contributed by atoms with E-state index < -0.39 is 0 Å². The molecule has 4 heteroatoms. The Morgan fingerprint density at radius 3 is 2.00 bits per heavy atom. The van der Waals surface area contributed by atoms with E-state index in [4.69, 9.17) is 0 Å². The van der Waals surface area contributed by atoms with E-state index >= 15 is 0 Å². The lowest BCUT2D eigenvalue weighted by molar-refractivity contribution is -0.134. The number of nitrogens with one attached hydrogen (secondary N) is 1. The Hall–Kier alpha value is -0.610. The van der Waals surface area contributed by atoms with Crippen LogP contribution in [0.3, 0.4) is 0 Å². The first-order valence-corrected chi connectivity index (χ1v) is 8.45. The molecule has 0 unspecified atom stereocenters. The number of likely N-dealkylation sites (tertiary alicyclic amines) is 1. The SMILES string of the molecule is CNC1(C)CCN(CC(=O)N(CC(C)C)CC(C)C)CC1. The van der Waals surface area contributed by atoms with Crippen LogP contribution < -0.4 is 5.32 Å². The van der Waals surface area contributed by atoms with Crippen molar-refractivity contribution in [2.24, 2.45) is 11.8 Å². The zero-order chi connectivity index (χ0) is 16.0. The second-order valence-electron chi connectivity index (χ2n) is 7.67. The van der Waals surface area contributed by atoms with E-state index in [2.05, 4.69) is 49.7 Å². The molecule has 1 fully saturated rings. The zero-order valence-electron chi connectivity index (χ0n) is 14.9. The normalized spacial score (nSPS) is 19.2. The van der Waals surface area contributed by atoms with Gasteiger partial charge in [0.1, 0.15) is 0 Å². The Kier molecular flexibility index (Phi) is 7.14. The summed E-state index contributed by atoms with van der Waals surface area (Å²) in [5, 5.41) is 3.41. The van der Waals surface area contributed by atoms with Crippen molar-refractivity contribution in [1.82, 2.24) is 15.1 Å². The third-order valence-corrected chi connectivity index (χ3v) is 4.45. The highest BCUT2D eigenvalue weighted by molar-refractivity contribution is 5.78. The van der Waals surface area contributed by atoms with Crippen molar-refractivity contribution in [3.63, 3.8) is 0 Å². The lowest BCUT2D eigenvalue weighted by atomic mass is 9.90. The molecule has 0 radical (unpaired) electrons. The highest BCUT2D eigenvalue weighted by Crippen LogP contribution is 2.21. The fraction of sp³-hybridized carbons (Fsp3) is 0.941. The fourth-order valence-corrected chi connectivity index (χ4v) is 2.91. The van der Waals surface area contributed by atoms with Gasteiger partial charge in [-0.2, -0.15) is 0 Å². The highest BCUT2D eigenvalue weighted by Gasteiger charge is 2.29. The van der Waals surface area contributed by atoms with Crippen LogP contribution in [0.4, 0.5) is 0 Å². The van der Waals surface area contributed by atoms with E-state index in [1.807, 2.05) is 7.05 Å². The Morgan fingerprint density at radius 1 is 1.14 bits per heavy atom. The molecule has 0 aliphatic carbocycles. The van der Waals surface area contributed by atoms with Crippen LogP contribution in [-0.4, -0.2) is 61.0 Å². The average Bonchev–Trinajstić information content (AvgIpc) is 2.40. The van der Waals surface area contributed by atoms with Crippen LogP contribution in [0.15, 0.2) is 0 Å². The van der Waals surface area contributed by atoms with Crippen LogP contribution in [0, 0.1) is 11.8 Å². The maximum atomic E-state index is 12.6. The van der Waals surface area contributed by atoms with Crippen molar-refractivity contribution in [2.75, 3.05) is 39.8 Å². The summed E-state index contributed by atoms with van der Waals surface area (Å²) in [4.78, 5) is 17.0. The van der Waals surface area contributed by atoms with Gasteiger partial charge < -0.3 is 10.2 Å². The van der Waals surface area contributed by atoms with Gasteiger partial charge in [-0.3, -0.25) is 9.69 Å². The summed E-state index contributed by atoms with van der Waals surface area (Å²) in [5.74, 6) is 1.36. The first kappa shape index (κ1) is 18.4. The van der Waals surface area contributed by atoms with Gasteiger partial charge in [-0.25, -0.2) is 0 Å². The molecule has 1 N–H and O–H groups in total. The third kappa shape index (κ3) is 6.35. The Bertz CT molecular complexity index is 310. The van der Waals surface area contributed by atoms with E-state index in [9.17, 15) is 4.79 Å². The lowest BCUT2D eigenvalue weighted by Gasteiger charge is -2.39. The number of carbonyl (C=O) groups excluding carboxylic acids is 1. The van der Waals surface area contributed by atoms with Crippen LogP contribution in [-0.2, 0) is 4.79 Å². The molecule has 1 heterocycles. The molecular weight excluding hydrogens is 262 g/mol. The van der Waals surface area contributed by atoms with Crippen molar-refractivity contribution in [2.45, 2.75) is 53.0 Å². The summed E-state index contributed by atoms with van der Waals surface area (Å²) in [6, 6.07) is 0. The van der Waals surface area contributed by atoms with Gasteiger partial charge in [0.05, 0.1) is 6.54 Å². The number of piperidine rings is 1. The number of nitrogens with zero attached hydrogens (tertiary/aromatic N) is 2. The van der Waals surface area contributed by atoms with Crippen LogP contribution in [0.5, 0.6) is 0 Å². The van der Waals surface area contributed by atoms with E-state index in [0.717, 1.165) is 39.0 Å². The van der Waals surface area contributed by atoms with Crippen molar-refractivity contribution in [1.29, 1.82) is 0 Å². The van der Waals surface area contributed by atoms with Crippen LogP contribution >= 0.6 is 0 Å². The van der Waals surface area contributed by atoms with Crippen molar-refractivity contribution in [3.8, 4) is 0 Å². The van der Waals surface area contributed by atoms with Gasteiger partial charge in [0, 0.05) is 31.7 Å². The summed E-state index contributed by atoms with van der Waals surface area (Å²) in [6.45, 7) is 15.4. The minimum atomic E-state index is 0.245. The predicted molar refractivity (Wildman–Crippen MR) is 89.4 cm³/mol. The van der Waals surface area contributed by atoms with Gasteiger partial charge in [0.15, 0.2) is 0 Å². The van der Waals surface area contributed by atoms with Gasteiger partial charge in [0.25, 0.3) is 0 Å². The molecule has 1 aliphatic rings. The van der Waals surface area contributed by atoms with E-state index in [0.29, 0.717) is 24.3 Å². The summed E-state index contributed by atoms with van der Waals surface area (Å²) >= 11 is 0. The van der Waals surface area contributed by atoms with E-state index in [1.165, 1.54) is 0 Å². The molecule has 4 nitrogen and oxygen atoms in total. The first-order valence-electron chi connectivity index (χ1n) is 8.45. The quantitative estimate of drug-likeness (QED) is 0.782. The minimum Gasteiger partial charge on any atom is -0.341 e. The van der Waals surface area contributed by atoms with Gasteiger partial charge in [-0.1, -0.05) is 27.7 Å². The van der Waals surface area contributed by atoms with Crippen molar-refractivity contribution in [3.05, 3.63) is 0 Å². The lowest BCUT2D eigenvalue weighted by Crippen LogP contribution is -2.52. The number of carbonyl (C=O) groups is 1. The topological polar surface area (TPSA) is 35.6 Å². The smallest absolute Gasteiger partial charge is 0.236 e. The van der Waals surface area contributed by atoms with Crippen molar-refractivity contribution >= 4 is 5.91 Å². The molecule has 0 aromatic heterocycles. The van der Waals surface area contributed by atoms with E-state index in [1.54, 1.807) is 0 Å². The number of amides is 1. The average molecular weight is 297 g/mol. The summed E-state index contributed by atoms with van der Waals surface area (Å²) in [5.41, 5.74) is 0.245. The first-order chi connectivity index (χ1) is 9.75. The van der Waals surface area contributed by atoms with Gasteiger partial charge in [0.2, 0.25) is 5.91 Å². The van der Waals surface area contributed by atoms with Gasteiger partial charge in [-0.05, 0) is 38.6 Å². The molecule has 0 saturated carbocycles. The third-order valence-electron chi connectivity index (χ3n) is 4.45. The molecular formula is C17H35N3O. The Balaban J connectivity index is 2.50. The molecule has 1 rings (SSSR count). The molecule has 1 amide bonds. The predicted octanol–water partition coefficient (Wildman–Crippen LogP) is 2.20. The standard InChI is InChI=1S/C17H35N3O/c1-14(2)11-20(12-15(3)4)16(21)13-19-9-7-17(5,18-6)8-10-19/h14-15,18H,7-13H2,1-6H3. The number of hydrogen-bond acceptors (Lipinski definition) is 3. The molecule has 0 atom stereocenters. The molecule has 0 aromatic rings. The monoisotopic (exact) mass is 297 g/mol. The molecule has 0 bridgehead atoms. The van der Waals surface area contributed by atoms with E-state index in [-0.39, 0.29) is 5.54 Å². The molecule has 1 aliphatic heterocycles. The molecule has 124 valence electrons. The van der Waals surface area contributed by atoms with Gasteiger partial charge >= 0.3 is 0 Å². The highest BCUT2D eigenvalue weighted by atomic mass is 16.2. The van der Waals surface area contributed by atoms with Crippen LogP contribution in [0.2, 0.25) is 0 Å². The summed E-state index contributed by atoms with van der Waals surface area (Å²) < 4.78 is 0. The Morgan fingerprint density at radius 2 is 1.62 bits per heavy atom. The summed E-state index contributed by atoms with van der Waals surface area (Å²) in [7, 11) is 2.04. The van der Waals surface area contributed by atoms with Gasteiger partial charge in [-0.15, -0.1) is 0 Å². The second kappa shape index (κ2) is 8.14. The minimum absolute atomic E-state index is 0.245. The fourth-order valence-electron chi connectivity index (χ4n) is 2.91. The van der Waals surface area contributed by atoms with Crippen LogP contribution in [0.1, 0.15) is 47.5 Å². The molecule has 0 spiro atoms. The molecule has 0 aromatic carbocycles. The second-order valence-corrected chi connectivity index (χ2v) is 7.67. The van der Waals surface area contributed by atoms with Crippen LogP contribution in [0.25, 0.3) is 0 Å². The zero-order valence-corrected chi connectivity index (χ0v) is 14.9. The largest absolute Gasteiger partial charge is 0.341 e.